The molecule has 730 valence electrons. The lowest BCUT2D eigenvalue weighted by molar-refractivity contribution is -0.377. The molecule has 0 radical (unpaired) electrons. The molecule has 28 heteroatoms. The van der Waals surface area contributed by atoms with E-state index in [1.807, 2.05) is 244 Å². The van der Waals surface area contributed by atoms with Gasteiger partial charge in [0, 0.05) is 23.6 Å². The van der Waals surface area contributed by atoms with E-state index in [0.717, 1.165) is 47.3 Å². The molecule has 3 aliphatic heterocycles. The maximum absolute atomic E-state index is 17.4. The molecule has 2 unspecified atom stereocenters. The molecule has 19 atom stereocenters. The summed E-state index contributed by atoms with van der Waals surface area (Å²) in [6.45, 7) is 6.70. The van der Waals surface area contributed by atoms with Gasteiger partial charge in [-0.25, -0.2) is 14.4 Å². The van der Waals surface area contributed by atoms with Gasteiger partial charge in [0.1, 0.15) is 72.0 Å². The minimum atomic E-state index is -3.13. The number of benzene rings is 11. The fourth-order valence-corrected chi connectivity index (χ4v) is 19.5. The lowest BCUT2D eigenvalue weighted by Crippen LogP contribution is -2.77. The molecule has 11 aromatic rings. The van der Waals surface area contributed by atoms with Crippen molar-refractivity contribution in [3.8, 4) is 0 Å². The van der Waals surface area contributed by atoms with Crippen LogP contribution in [0.3, 0.4) is 0 Å². The number of methoxy groups -OCH3 is 2. The van der Waals surface area contributed by atoms with E-state index in [-0.39, 0.29) is 65.0 Å². The third-order valence-electron chi connectivity index (χ3n) is 23.7. The number of carbonyl (C=O) groups is 6. The summed E-state index contributed by atoms with van der Waals surface area (Å²) < 4.78 is 123. The van der Waals surface area contributed by atoms with Crippen molar-refractivity contribution in [2.24, 2.45) is 5.41 Å². The van der Waals surface area contributed by atoms with Gasteiger partial charge in [0.2, 0.25) is 11.8 Å². The standard InChI is InChI=1S/C111H120N2O24S2/c1-74-59-61-85(62-60-74)104(117)133-101-100(93(116)88(73-131-106(118)109(4,5)6)132-105(101)130-70-84-53-33-16-34-54-84)137-111(108(120)122-8)103(139-87-57-37-18-38-58-87)99(129-69-83-51-31-15-32-52-83)92(113-76(3)115)97(136-111)95(127-67-81-47-27-13-28-48-81)90(72-124-64-78-41-21-10-22-42-78)134-110(107(119)121-7)102(138-86-55-35-17-36-56-86)98(128-68-82-49-29-14-30-50-82)91(112-75(2)114)96(135-110)94(126-66-80-45-25-12-26-46-80)89(125-65-79-43-23-11-24-44-79)71-123-63-77-39-19-9-20-40-77/h9-62,88-103,105,116H,63-73H2,1-8H3,(H,112,114)(H,113,115)/t88-,89-,90-,91+,92+,93+,94-,95-,96-,97-,98-,99-,100+,101-,102?,103?,105-,110-,111+/m1/s1. The molecule has 0 spiro atoms. The summed E-state index contributed by atoms with van der Waals surface area (Å²) in [6, 6.07) is 95.8. The Labute approximate surface area is 819 Å². The average Bonchev–Trinajstić information content (AvgIpc) is 0.720. The monoisotopic (exact) mass is 1930 g/mol. The Morgan fingerprint density at radius 3 is 1.15 bits per heavy atom. The van der Waals surface area contributed by atoms with E-state index in [2.05, 4.69) is 10.6 Å². The van der Waals surface area contributed by atoms with Gasteiger partial charge in [0.25, 0.3) is 11.6 Å². The van der Waals surface area contributed by atoms with Crippen molar-refractivity contribution < 1.29 is 114 Å². The molecule has 3 fully saturated rings. The third kappa shape index (κ3) is 28.2. The molecule has 2 amide bonds. The second-order valence-corrected chi connectivity index (χ2v) is 37.6. The van der Waals surface area contributed by atoms with Crippen LogP contribution in [-0.2, 0) is 157 Å². The van der Waals surface area contributed by atoms with Crippen molar-refractivity contribution in [3.05, 3.63) is 383 Å². The van der Waals surface area contributed by atoms with E-state index in [1.54, 1.807) is 112 Å². The van der Waals surface area contributed by atoms with Crippen LogP contribution in [0, 0.1) is 12.3 Å². The van der Waals surface area contributed by atoms with Crippen molar-refractivity contribution in [2.45, 2.75) is 218 Å². The van der Waals surface area contributed by atoms with E-state index < -0.39 is 168 Å². The minimum Gasteiger partial charge on any atom is -0.465 e. The van der Waals surface area contributed by atoms with Crippen molar-refractivity contribution >= 4 is 59.2 Å². The molecule has 3 heterocycles. The van der Waals surface area contributed by atoms with Gasteiger partial charge in [0.05, 0.1) is 116 Å². The maximum Gasteiger partial charge on any atom is 0.367 e. The third-order valence-corrected chi connectivity index (χ3v) is 26.5. The largest absolute Gasteiger partial charge is 0.465 e. The fraction of sp³-hybridized carbons (Fsp3) is 0.351. The molecule has 26 nitrogen and oxygen atoms in total. The SMILES string of the molecule is COC(=O)[C@]1(O[C@H]2[C@@H](O)[C@@H](COC(=O)C(C)(C)C)O[C@@H](OCc3ccccc3)[C@@H]2OC(=O)c2ccc(C)cc2)O[C@@H]([C@H](OCc2ccccc2)[C@@H](COCc2ccccc2)O[C@@]2(C(=O)OC)O[C@@H]([C@H](OCc3ccccc3)[C@@H](COCc3ccccc3)OCc3ccccc3)[C@H](NC(C)=O)[C@@H](OCc3ccccc3)C2Sc2ccccc2)[C@H](NC(C)=O)[C@@H](OCc2ccccc2)C1Sc1ccccc1. The number of aliphatic hydroxyl groups is 1. The van der Waals surface area contributed by atoms with E-state index in [0.29, 0.717) is 43.2 Å². The van der Waals surface area contributed by atoms with Crippen LogP contribution in [0.2, 0.25) is 0 Å². The molecular formula is C111H120N2O24S2. The molecule has 0 aliphatic carbocycles. The Morgan fingerprint density at radius 1 is 0.410 bits per heavy atom. The molecule has 0 aromatic heterocycles. The lowest BCUT2D eigenvalue weighted by Gasteiger charge is -2.56. The van der Waals surface area contributed by atoms with Gasteiger partial charge in [-0.2, -0.15) is 0 Å². The number of nitrogens with one attached hydrogen (secondary N) is 2. The highest BCUT2D eigenvalue weighted by Gasteiger charge is 2.70. The number of aliphatic hydroxyl groups excluding tert-OH is 1. The minimum absolute atomic E-state index is 0.0273. The van der Waals surface area contributed by atoms with Crippen LogP contribution in [-0.4, -0.2) is 189 Å². The van der Waals surface area contributed by atoms with E-state index in [4.69, 9.17) is 80.5 Å². The highest BCUT2D eigenvalue weighted by molar-refractivity contribution is 8.00. The van der Waals surface area contributed by atoms with Crippen LogP contribution in [0.25, 0.3) is 0 Å². The number of carbonyl (C=O) groups excluding carboxylic acids is 6. The quantitative estimate of drug-likeness (QED) is 0.0236. The van der Waals surface area contributed by atoms with Gasteiger partial charge in [0.15, 0.2) is 12.4 Å². The predicted molar refractivity (Wildman–Crippen MR) is 520 cm³/mol. The Kier molecular flexibility index (Phi) is 37.9. The van der Waals surface area contributed by atoms with E-state index in [9.17, 15) is 14.7 Å². The molecule has 3 saturated heterocycles. The maximum atomic E-state index is 17.4. The molecular weight excluding hydrogens is 1810 g/mol. The van der Waals surface area contributed by atoms with Gasteiger partial charge < -0.3 is 96.3 Å². The molecule has 3 aliphatic rings. The molecule has 3 N–H and O–H groups in total. The van der Waals surface area contributed by atoms with Crippen molar-refractivity contribution in [1.82, 2.24) is 10.6 Å². The average molecular weight is 1930 g/mol. The van der Waals surface area contributed by atoms with Crippen molar-refractivity contribution in [1.29, 1.82) is 0 Å². The summed E-state index contributed by atoms with van der Waals surface area (Å²) in [5.74, 6) is -11.4. The second kappa shape index (κ2) is 51.0. The number of ether oxygens (including phenoxy) is 17. The van der Waals surface area contributed by atoms with Crippen LogP contribution >= 0.6 is 23.5 Å². The molecule has 14 rings (SSSR count). The van der Waals surface area contributed by atoms with Gasteiger partial charge >= 0.3 is 23.9 Å². The van der Waals surface area contributed by atoms with Gasteiger partial charge in [-0.3, -0.25) is 14.4 Å². The summed E-state index contributed by atoms with van der Waals surface area (Å²) >= 11 is 2.12. The van der Waals surface area contributed by atoms with E-state index >= 15 is 19.2 Å². The smallest absolute Gasteiger partial charge is 0.367 e. The number of thioether (sulfide) groups is 2. The summed E-state index contributed by atoms with van der Waals surface area (Å²) in [5, 5.41) is 17.1. The molecule has 11 aromatic carbocycles. The number of esters is 4. The number of rotatable bonds is 46. The van der Waals surface area contributed by atoms with Crippen molar-refractivity contribution in [3.63, 3.8) is 0 Å². The Morgan fingerprint density at radius 2 is 0.755 bits per heavy atom. The number of aryl methyl sites for hydroxylation is 1. The number of hydrogen-bond acceptors (Lipinski definition) is 26. The highest BCUT2D eigenvalue weighted by Crippen LogP contribution is 2.51. The first-order chi connectivity index (χ1) is 67.5. The molecule has 139 heavy (non-hydrogen) atoms. The first-order valence-electron chi connectivity index (χ1n) is 46.4. The van der Waals surface area contributed by atoms with Crippen LogP contribution in [0.15, 0.2) is 337 Å². The van der Waals surface area contributed by atoms with Crippen LogP contribution in [0.4, 0.5) is 0 Å². The van der Waals surface area contributed by atoms with Crippen molar-refractivity contribution in [2.75, 3.05) is 34.0 Å². The Bertz CT molecular complexity index is 5610. The Hall–Kier alpha value is -11.6. The zero-order valence-electron chi connectivity index (χ0n) is 78.9. The molecule has 0 bridgehead atoms. The second-order valence-electron chi connectivity index (χ2n) is 35.2. The van der Waals surface area contributed by atoms with Crippen LogP contribution in [0.5, 0.6) is 0 Å². The van der Waals surface area contributed by atoms with Crippen LogP contribution < -0.4 is 10.6 Å². The van der Waals surface area contributed by atoms with Crippen LogP contribution in [0.1, 0.15) is 95.0 Å². The normalized spacial score (nSPS) is 23.3. The van der Waals surface area contributed by atoms with Gasteiger partial charge in [-0.15, -0.1) is 23.5 Å². The molecule has 0 saturated carbocycles. The zero-order chi connectivity index (χ0) is 97.5. The topological polar surface area (TPSA) is 304 Å². The zero-order valence-corrected chi connectivity index (χ0v) is 80.6. The van der Waals surface area contributed by atoms with Gasteiger partial charge in [-0.1, -0.05) is 297 Å². The number of amides is 2. The summed E-state index contributed by atoms with van der Waals surface area (Å²) in [6.07, 6.45) is -22.8. The first kappa shape index (κ1) is 103. The number of hydrogen-bond donors (Lipinski definition) is 3. The van der Waals surface area contributed by atoms with Gasteiger partial charge in [-0.05, 0) is 109 Å². The summed E-state index contributed by atoms with van der Waals surface area (Å²) in [5.41, 5.74) is 5.18. The summed E-state index contributed by atoms with van der Waals surface area (Å²) in [7, 11) is 2.28. The lowest BCUT2D eigenvalue weighted by atomic mass is 9.86. The first-order valence-corrected chi connectivity index (χ1v) is 48.1. The van der Waals surface area contributed by atoms with E-state index in [1.165, 1.54) is 21.0 Å². The fourth-order valence-electron chi connectivity index (χ4n) is 16.8. The highest BCUT2D eigenvalue weighted by atomic mass is 32.2. The summed E-state index contributed by atoms with van der Waals surface area (Å²) in [4.78, 5) is 95.4. The predicted octanol–water partition coefficient (Wildman–Crippen LogP) is 16.4. The Balaban J connectivity index is 1.04.